The molecule has 0 bridgehead atoms. The van der Waals surface area contributed by atoms with Gasteiger partial charge in [-0.3, -0.25) is 0 Å². The highest BCUT2D eigenvalue weighted by atomic mass is 16.6. The maximum Gasteiger partial charge on any atom is 0.410 e. The van der Waals surface area contributed by atoms with E-state index in [4.69, 9.17) is 4.74 Å². The predicted molar refractivity (Wildman–Crippen MR) is 80.5 cm³/mol. The van der Waals surface area contributed by atoms with Crippen molar-refractivity contribution in [3.63, 3.8) is 0 Å². The van der Waals surface area contributed by atoms with Gasteiger partial charge >= 0.3 is 6.09 Å². The maximum absolute atomic E-state index is 12.2. The highest BCUT2D eigenvalue weighted by Gasteiger charge is 2.31. The summed E-state index contributed by atoms with van der Waals surface area (Å²) in [5, 5.41) is 9.87. The first-order chi connectivity index (χ1) is 9.78. The lowest BCUT2D eigenvalue weighted by Gasteiger charge is -2.40. The van der Waals surface area contributed by atoms with Crippen LogP contribution in [-0.4, -0.2) is 52.4 Å². The molecule has 0 saturated carbocycles. The van der Waals surface area contributed by atoms with Crippen molar-refractivity contribution in [2.45, 2.75) is 39.3 Å². The summed E-state index contributed by atoms with van der Waals surface area (Å²) >= 11 is 0. The predicted octanol–water partition coefficient (Wildman–Crippen LogP) is 2.23. The van der Waals surface area contributed by atoms with Gasteiger partial charge in [0, 0.05) is 31.9 Å². The molecule has 1 amide bonds. The van der Waals surface area contributed by atoms with Crippen LogP contribution < -0.4 is 4.90 Å². The number of aromatic hydroxyl groups is 1. The lowest BCUT2D eigenvalue weighted by molar-refractivity contribution is 0.0158. The molecule has 6 heteroatoms. The first-order valence-electron chi connectivity index (χ1n) is 7.16. The summed E-state index contributed by atoms with van der Waals surface area (Å²) in [5.74, 6) is 0.726. The molecule has 1 saturated heterocycles. The van der Waals surface area contributed by atoms with Crippen LogP contribution in [0.3, 0.4) is 0 Å². The van der Waals surface area contributed by atoms with Gasteiger partial charge in [0.1, 0.15) is 5.60 Å². The third-order valence-corrected chi connectivity index (χ3v) is 3.32. The van der Waals surface area contributed by atoms with Gasteiger partial charge in [0.05, 0.1) is 0 Å². The highest BCUT2D eigenvalue weighted by molar-refractivity contribution is 5.69. The molecule has 1 aromatic rings. The molecule has 6 nitrogen and oxygen atoms in total. The summed E-state index contributed by atoms with van der Waals surface area (Å²) in [6.45, 7) is 9.33. The zero-order chi connectivity index (χ0) is 15.6. The molecule has 116 valence electrons. The summed E-state index contributed by atoms with van der Waals surface area (Å²) in [7, 11) is 0. The number of carbonyl (C=O) groups excluding carboxylic acids is 1. The molecular formula is C15H23N3O3. The summed E-state index contributed by atoms with van der Waals surface area (Å²) in [4.78, 5) is 20.1. The molecule has 0 aliphatic carbocycles. The zero-order valence-corrected chi connectivity index (χ0v) is 13.0. The van der Waals surface area contributed by atoms with Gasteiger partial charge in [-0.1, -0.05) is 0 Å². The van der Waals surface area contributed by atoms with Gasteiger partial charge in [0.15, 0.2) is 11.6 Å². The van der Waals surface area contributed by atoms with Crippen molar-refractivity contribution in [2.75, 3.05) is 24.5 Å². The number of anilines is 1. The van der Waals surface area contributed by atoms with Crippen LogP contribution in [0.15, 0.2) is 18.3 Å². The Morgan fingerprint density at radius 1 is 1.43 bits per heavy atom. The van der Waals surface area contributed by atoms with E-state index in [1.54, 1.807) is 23.2 Å². The van der Waals surface area contributed by atoms with Crippen molar-refractivity contribution in [3.05, 3.63) is 18.3 Å². The fraction of sp³-hybridized carbons (Fsp3) is 0.600. The smallest absolute Gasteiger partial charge is 0.410 e. The standard InChI is InChI=1S/C15H23N3O3/c1-11-10-17(13-12(19)6-5-7-16-13)8-9-18(11)14(20)21-15(2,3)4/h5-7,11,19H,8-10H2,1-4H3/t11-/m1/s1. The monoisotopic (exact) mass is 293 g/mol. The third kappa shape index (κ3) is 3.77. The minimum absolute atomic E-state index is 0.00462. The molecular weight excluding hydrogens is 270 g/mol. The van der Waals surface area contributed by atoms with E-state index < -0.39 is 5.60 Å². The Morgan fingerprint density at radius 3 is 2.71 bits per heavy atom. The van der Waals surface area contributed by atoms with Crippen molar-refractivity contribution in [1.29, 1.82) is 0 Å². The molecule has 21 heavy (non-hydrogen) atoms. The summed E-state index contributed by atoms with van der Waals surface area (Å²) in [6, 6.07) is 3.31. The SMILES string of the molecule is C[C@@H]1CN(c2ncccc2O)CCN1C(=O)OC(C)(C)C. The fourth-order valence-electron chi connectivity index (χ4n) is 2.37. The van der Waals surface area contributed by atoms with E-state index >= 15 is 0 Å². The molecule has 0 aromatic carbocycles. The van der Waals surface area contributed by atoms with Crippen LogP contribution in [0.25, 0.3) is 0 Å². The number of nitrogens with zero attached hydrogens (tertiary/aromatic N) is 3. The van der Waals surface area contributed by atoms with Gasteiger partial charge in [-0.2, -0.15) is 0 Å². The summed E-state index contributed by atoms with van der Waals surface area (Å²) < 4.78 is 5.42. The van der Waals surface area contributed by atoms with Gasteiger partial charge in [-0.25, -0.2) is 9.78 Å². The van der Waals surface area contributed by atoms with Crippen LogP contribution in [0.1, 0.15) is 27.7 Å². The number of aromatic nitrogens is 1. The number of rotatable bonds is 1. The van der Waals surface area contributed by atoms with Gasteiger partial charge in [-0.05, 0) is 39.8 Å². The van der Waals surface area contributed by atoms with E-state index in [1.807, 2.05) is 32.6 Å². The Bertz CT molecular complexity index is 513. The van der Waals surface area contributed by atoms with E-state index in [-0.39, 0.29) is 17.9 Å². The van der Waals surface area contributed by atoms with Crippen LogP contribution in [-0.2, 0) is 4.74 Å². The van der Waals surface area contributed by atoms with E-state index in [0.29, 0.717) is 25.5 Å². The van der Waals surface area contributed by atoms with Gasteiger partial charge in [-0.15, -0.1) is 0 Å². The van der Waals surface area contributed by atoms with Gasteiger partial charge in [0.25, 0.3) is 0 Å². The molecule has 1 fully saturated rings. The maximum atomic E-state index is 12.2. The van der Waals surface area contributed by atoms with Crippen LogP contribution in [0.5, 0.6) is 5.75 Å². The molecule has 0 radical (unpaired) electrons. The van der Waals surface area contributed by atoms with E-state index in [1.165, 1.54) is 0 Å². The number of hydrogen-bond donors (Lipinski definition) is 1. The lowest BCUT2D eigenvalue weighted by atomic mass is 10.2. The van der Waals surface area contributed by atoms with Crippen LogP contribution in [0.2, 0.25) is 0 Å². The second kappa shape index (κ2) is 5.79. The highest BCUT2D eigenvalue weighted by Crippen LogP contribution is 2.26. The first-order valence-corrected chi connectivity index (χ1v) is 7.16. The molecule has 1 aliphatic rings. The largest absolute Gasteiger partial charge is 0.504 e. The van der Waals surface area contributed by atoms with Gasteiger partial charge < -0.3 is 19.6 Å². The Balaban J connectivity index is 2.03. The number of piperazine rings is 1. The fourth-order valence-corrected chi connectivity index (χ4v) is 2.37. The minimum atomic E-state index is -0.493. The van der Waals surface area contributed by atoms with E-state index in [9.17, 15) is 9.90 Å². The number of hydrogen-bond acceptors (Lipinski definition) is 5. The number of pyridine rings is 1. The number of amides is 1. The van der Waals surface area contributed by atoms with Crippen molar-refractivity contribution in [2.24, 2.45) is 0 Å². The second-order valence-electron chi connectivity index (χ2n) is 6.31. The van der Waals surface area contributed by atoms with Crippen molar-refractivity contribution in [1.82, 2.24) is 9.88 Å². The molecule has 1 aliphatic heterocycles. The second-order valence-corrected chi connectivity index (χ2v) is 6.31. The molecule has 1 aromatic heterocycles. The number of ether oxygens (including phenoxy) is 1. The normalized spacial score (nSPS) is 19.5. The van der Waals surface area contributed by atoms with E-state index in [2.05, 4.69) is 4.98 Å². The molecule has 1 atom stereocenters. The van der Waals surface area contributed by atoms with Crippen molar-refractivity contribution in [3.8, 4) is 5.75 Å². The van der Waals surface area contributed by atoms with Crippen LogP contribution >= 0.6 is 0 Å². The Morgan fingerprint density at radius 2 is 2.14 bits per heavy atom. The van der Waals surface area contributed by atoms with E-state index in [0.717, 1.165) is 0 Å². The molecule has 2 heterocycles. The average Bonchev–Trinajstić information content (AvgIpc) is 2.37. The first kappa shape index (κ1) is 15.4. The Hall–Kier alpha value is -1.98. The molecule has 0 unspecified atom stereocenters. The third-order valence-electron chi connectivity index (χ3n) is 3.32. The van der Waals surface area contributed by atoms with Crippen molar-refractivity contribution >= 4 is 11.9 Å². The molecule has 0 spiro atoms. The Kier molecular flexibility index (Phi) is 4.25. The lowest BCUT2D eigenvalue weighted by Crippen LogP contribution is -2.55. The molecule has 1 N–H and O–H groups in total. The van der Waals surface area contributed by atoms with Crippen LogP contribution in [0.4, 0.5) is 10.6 Å². The zero-order valence-electron chi connectivity index (χ0n) is 13.0. The number of carbonyl (C=O) groups is 1. The summed E-state index contributed by atoms with van der Waals surface area (Å²) in [6.07, 6.45) is 1.36. The van der Waals surface area contributed by atoms with Crippen LogP contribution in [0, 0.1) is 0 Å². The Labute approximate surface area is 125 Å². The van der Waals surface area contributed by atoms with Crippen molar-refractivity contribution < 1.29 is 14.6 Å². The average molecular weight is 293 g/mol. The summed E-state index contributed by atoms with van der Waals surface area (Å²) in [5.41, 5.74) is -0.493. The molecule has 2 rings (SSSR count). The minimum Gasteiger partial charge on any atom is -0.504 e. The topological polar surface area (TPSA) is 65.9 Å². The quantitative estimate of drug-likeness (QED) is 0.860. The van der Waals surface area contributed by atoms with Gasteiger partial charge in [0.2, 0.25) is 0 Å².